The Morgan fingerprint density at radius 3 is 2.59 bits per heavy atom. The summed E-state index contributed by atoms with van der Waals surface area (Å²) in [6, 6.07) is 7.84. The lowest BCUT2D eigenvalue weighted by molar-refractivity contribution is 0.0721. The molecule has 1 N–H and O–H groups in total. The third-order valence-electron chi connectivity index (χ3n) is 5.96. The lowest BCUT2D eigenvalue weighted by atomic mass is 10.1. The third-order valence-corrected chi connectivity index (χ3v) is 5.96. The molecule has 1 aliphatic heterocycles. The Kier molecular flexibility index (Phi) is 8.53. The van der Waals surface area contributed by atoms with Gasteiger partial charge in [0.15, 0.2) is 0 Å². The molecule has 0 radical (unpaired) electrons. The summed E-state index contributed by atoms with van der Waals surface area (Å²) in [7, 11) is 3.22. The number of methoxy groups -OCH3 is 2. The minimum atomic E-state index is -0.171. The number of nitrogens with zero attached hydrogens (tertiary/aromatic N) is 3. The molecule has 1 atom stereocenters. The predicted molar refractivity (Wildman–Crippen MR) is 124 cm³/mol. The molecule has 1 aromatic heterocycles. The molecule has 0 aliphatic carbocycles. The maximum absolute atomic E-state index is 12.6. The Hall–Kier alpha value is -2.58. The number of rotatable bonds is 10. The molecular weight excluding hydrogens is 408 g/mol. The van der Waals surface area contributed by atoms with Crippen molar-refractivity contribution in [1.29, 1.82) is 0 Å². The molecule has 0 spiro atoms. The van der Waals surface area contributed by atoms with Crippen LogP contribution < -0.4 is 14.8 Å². The van der Waals surface area contributed by atoms with Gasteiger partial charge in [0, 0.05) is 44.5 Å². The highest BCUT2D eigenvalue weighted by molar-refractivity contribution is 5.97. The fourth-order valence-electron chi connectivity index (χ4n) is 4.12. The monoisotopic (exact) mass is 444 g/mol. The lowest BCUT2D eigenvalue weighted by Crippen LogP contribution is -2.44. The Morgan fingerprint density at radius 2 is 1.97 bits per heavy atom. The molecule has 0 saturated carbocycles. The number of carbonyl (C=O) groups is 1. The number of likely N-dealkylation sites (tertiary alicyclic amines) is 1. The topological polar surface area (TPSA) is 77.9 Å². The van der Waals surface area contributed by atoms with Gasteiger partial charge in [-0.1, -0.05) is 0 Å². The molecule has 32 heavy (non-hydrogen) atoms. The van der Waals surface area contributed by atoms with Crippen LogP contribution in [0.3, 0.4) is 0 Å². The zero-order chi connectivity index (χ0) is 23.1. The number of aromatic nitrogens is 2. The van der Waals surface area contributed by atoms with E-state index in [1.54, 1.807) is 32.4 Å². The van der Waals surface area contributed by atoms with Gasteiger partial charge in [-0.3, -0.25) is 14.4 Å². The molecule has 2 aromatic rings. The molecule has 1 unspecified atom stereocenters. The van der Waals surface area contributed by atoms with Crippen molar-refractivity contribution in [2.24, 2.45) is 0 Å². The van der Waals surface area contributed by atoms with E-state index in [0.717, 1.165) is 38.2 Å². The van der Waals surface area contributed by atoms with Crippen LogP contribution in [0.1, 0.15) is 41.5 Å². The Bertz CT molecular complexity index is 890. The van der Waals surface area contributed by atoms with Gasteiger partial charge in [0.25, 0.3) is 5.91 Å². The second-order valence-corrected chi connectivity index (χ2v) is 8.42. The highest BCUT2D eigenvalue weighted by Crippen LogP contribution is 2.28. The van der Waals surface area contributed by atoms with E-state index in [1.165, 1.54) is 5.69 Å². The Balaban J connectivity index is 1.59. The van der Waals surface area contributed by atoms with Gasteiger partial charge < -0.3 is 19.5 Å². The number of nitrogens with one attached hydrogen (secondary N) is 1. The molecule has 176 valence electrons. The quantitative estimate of drug-likeness (QED) is 0.568. The molecule has 1 aromatic carbocycles. The molecule has 8 nitrogen and oxygen atoms in total. The average Bonchev–Trinajstić information content (AvgIpc) is 3.10. The van der Waals surface area contributed by atoms with E-state index in [2.05, 4.69) is 39.9 Å². The van der Waals surface area contributed by atoms with Crippen molar-refractivity contribution in [3.63, 3.8) is 0 Å². The van der Waals surface area contributed by atoms with Crippen molar-refractivity contribution in [1.82, 2.24) is 20.0 Å². The highest BCUT2D eigenvalue weighted by atomic mass is 16.5. The molecule has 0 bridgehead atoms. The minimum Gasteiger partial charge on any atom is -0.497 e. The first-order chi connectivity index (χ1) is 15.4. The molecule has 1 saturated heterocycles. The van der Waals surface area contributed by atoms with E-state index >= 15 is 0 Å². The van der Waals surface area contributed by atoms with Crippen molar-refractivity contribution in [2.75, 3.05) is 40.5 Å². The summed E-state index contributed by atoms with van der Waals surface area (Å²) in [5.41, 5.74) is 2.77. The van der Waals surface area contributed by atoms with Crippen molar-refractivity contribution >= 4 is 5.91 Å². The normalized spacial score (nSPS) is 16.0. The molecule has 1 fully saturated rings. The smallest absolute Gasteiger partial charge is 0.255 e. The van der Waals surface area contributed by atoms with Gasteiger partial charge in [0.2, 0.25) is 0 Å². The number of aryl methyl sites for hydroxylation is 2. The SMILES string of the molecule is COCCNC(=O)c1ccc(OC)cc1OC1CCN(C(C)Cn2nc(C)cc2C)CC1. The average molecular weight is 445 g/mol. The van der Waals surface area contributed by atoms with E-state index in [9.17, 15) is 4.79 Å². The van der Waals surface area contributed by atoms with Crippen LogP contribution in [0.15, 0.2) is 24.3 Å². The van der Waals surface area contributed by atoms with Crippen LogP contribution in [-0.4, -0.2) is 73.2 Å². The van der Waals surface area contributed by atoms with Crippen LogP contribution in [0.25, 0.3) is 0 Å². The Labute approximate surface area is 190 Å². The van der Waals surface area contributed by atoms with E-state index in [-0.39, 0.29) is 12.0 Å². The fraction of sp³-hybridized carbons (Fsp3) is 0.583. The van der Waals surface area contributed by atoms with Gasteiger partial charge in [-0.05, 0) is 51.8 Å². The summed E-state index contributed by atoms with van der Waals surface area (Å²) in [6.45, 7) is 10.1. The van der Waals surface area contributed by atoms with Crippen molar-refractivity contribution in [3.05, 3.63) is 41.2 Å². The molecule has 1 aliphatic rings. The second kappa shape index (κ2) is 11.3. The van der Waals surface area contributed by atoms with Crippen LogP contribution in [0.5, 0.6) is 11.5 Å². The van der Waals surface area contributed by atoms with Crippen LogP contribution in [0, 0.1) is 13.8 Å². The lowest BCUT2D eigenvalue weighted by Gasteiger charge is -2.36. The van der Waals surface area contributed by atoms with Gasteiger partial charge in [-0.15, -0.1) is 0 Å². The van der Waals surface area contributed by atoms with Gasteiger partial charge in [0.05, 0.1) is 31.5 Å². The predicted octanol–water partition coefficient (Wildman–Crippen LogP) is 2.82. The number of piperidine rings is 1. The van der Waals surface area contributed by atoms with Gasteiger partial charge in [-0.25, -0.2) is 0 Å². The zero-order valence-corrected chi connectivity index (χ0v) is 19.9. The maximum atomic E-state index is 12.6. The van der Waals surface area contributed by atoms with Crippen LogP contribution in [-0.2, 0) is 11.3 Å². The first kappa shape index (κ1) is 24.1. The summed E-state index contributed by atoms with van der Waals surface area (Å²) in [5.74, 6) is 1.06. The van der Waals surface area contributed by atoms with Crippen LogP contribution in [0.4, 0.5) is 0 Å². The minimum absolute atomic E-state index is 0.0600. The number of amides is 1. The third kappa shape index (κ3) is 6.23. The first-order valence-corrected chi connectivity index (χ1v) is 11.3. The fourth-order valence-corrected chi connectivity index (χ4v) is 4.12. The number of hydrogen-bond acceptors (Lipinski definition) is 6. The van der Waals surface area contributed by atoms with E-state index in [4.69, 9.17) is 14.2 Å². The molecule has 8 heteroatoms. The molecule has 2 heterocycles. The summed E-state index contributed by atoms with van der Waals surface area (Å²) in [5, 5.41) is 7.46. The summed E-state index contributed by atoms with van der Waals surface area (Å²) >= 11 is 0. The summed E-state index contributed by atoms with van der Waals surface area (Å²) < 4.78 is 18.8. The van der Waals surface area contributed by atoms with Crippen molar-refractivity contribution in [2.45, 2.75) is 52.3 Å². The van der Waals surface area contributed by atoms with Crippen molar-refractivity contribution in [3.8, 4) is 11.5 Å². The molecular formula is C24H36N4O4. The van der Waals surface area contributed by atoms with Crippen molar-refractivity contribution < 1.29 is 19.0 Å². The van der Waals surface area contributed by atoms with Gasteiger partial charge in [0.1, 0.15) is 17.6 Å². The van der Waals surface area contributed by atoms with Gasteiger partial charge in [-0.2, -0.15) is 5.10 Å². The number of carbonyl (C=O) groups excluding carboxylic acids is 1. The van der Waals surface area contributed by atoms with E-state index < -0.39 is 0 Å². The standard InChI is InChI=1S/C24H36N4O4/c1-17-14-18(2)28(26-17)16-19(3)27-11-8-20(9-12-27)32-23-15-21(31-5)6-7-22(23)24(29)25-10-13-30-4/h6-7,14-15,19-20H,8-13,16H2,1-5H3,(H,25,29). The van der Waals surface area contributed by atoms with E-state index in [1.807, 2.05) is 6.92 Å². The van der Waals surface area contributed by atoms with Crippen LogP contribution in [0.2, 0.25) is 0 Å². The first-order valence-electron chi connectivity index (χ1n) is 11.3. The summed E-state index contributed by atoms with van der Waals surface area (Å²) in [6.07, 6.45) is 1.87. The van der Waals surface area contributed by atoms with Gasteiger partial charge >= 0.3 is 0 Å². The number of hydrogen-bond donors (Lipinski definition) is 1. The highest BCUT2D eigenvalue weighted by Gasteiger charge is 2.26. The number of benzene rings is 1. The van der Waals surface area contributed by atoms with Crippen LogP contribution >= 0.6 is 0 Å². The second-order valence-electron chi connectivity index (χ2n) is 8.42. The zero-order valence-electron chi connectivity index (χ0n) is 19.9. The van der Waals surface area contributed by atoms with E-state index in [0.29, 0.717) is 36.3 Å². The number of ether oxygens (including phenoxy) is 3. The summed E-state index contributed by atoms with van der Waals surface area (Å²) in [4.78, 5) is 15.1. The molecule has 3 rings (SSSR count). The maximum Gasteiger partial charge on any atom is 0.255 e. The molecule has 1 amide bonds. The largest absolute Gasteiger partial charge is 0.497 e. The Morgan fingerprint density at radius 1 is 1.22 bits per heavy atom.